The molecule has 0 radical (unpaired) electrons. The highest BCUT2D eigenvalue weighted by Crippen LogP contribution is 2.36. The second-order valence-electron chi connectivity index (χ2n) is 7.09. The lowest BCUT2D eigenvalue weighted by Crippen LogP contribution is -2.30. The highest BCUT2D eigenvalue weighted by Gasteiger charge is 2.33. The molecule has 0 aliphatic carbocycles. The Hall–Kier alpha value is -3.16. The van der Waals surface area contributed by atoms with Crippen molar-refractivity contribution in [2.45, 2.75) is 13.2 Å². The number of carbonyl (C=O) groups excluding carboxylic acids is 2. The summed E-state index contributed by atoms with van der Waals surface area (Å²) < 4.78 is 19.4. The molecule has 1 saturated heterocycles. The second-order valence-corrected chi connectivity index (χ2v) is 8.36. The molecule has 5 nitrogen and oxygen atoms in total. The van der Waals surface area contributed by atoms with Crippen LogP contribution < -0.4 is 10.1 Å². The molecule has 8 heteroatoms. The number of halogens is 3. The smallest absolute Gasteiger partial charge is 0.329 e. The van der Waals surface area contributed by atoms with Crippen LogP contribution in [-0.4, -0.2) is 16.8 Å². The van der Waals surface area contributed by atoms with Gasteiger partial charge < -0.3 is 10.1 Å². The van der Waals surface area contributed by atoms with Gasteiger partial charge in [0, 0.05) is 0 Å². The Bertz CT molecular complexity index is 1180. The zero-order chi connectivity index (χ0) is 22.7. The first-order valence-electron chi connectivity index (χ1n) is 9.65. The van der Waals surface area contributed by atoms with E-state index in [0.717, 1.165) is 16.0 Å². The predicted octanol–water partition coefficient (Wildman–Crippen LogP) is 5.91. The minimum absolute atomic E-state index is 0.161. The van der Waals surface area contributed by atoms with E-state index in [0.29, 0.717) is 20.8 Å². The van der Waals surface area contributed by atoms with E-state index in [4.69, 9.17) is 16.3 Å². The number of urea groups is 1. The van der Waals surface area contributed by atoms with E-state index in [1.54, 1.807) is 30.3 Å². The maximum atomic E-state index is 13.0. The number of amides is 3. The van der Waals surface area contributed by atoms with Gasteiger partial charge in [-0.2, -0.15) is 0 Å². The minimum atomic E-state index is -0.477. The van der Waals surface area contributed by atoms with Crippen molar-refractivity contribution in [1.82, 2.24) is 10.2 Å². The Morgan fingerprint density at radius 2 is 1.75 bits per heavy atom. The van der Waals surface area contributed by atoms with Gasteiger partial charge in [0.2, 0.25) is 0 Å². The molecule has 3 amide bonds. The molecule has 0 saturated carbocycles. The normalized spacial score (nSPS) is 14.7. The number of benzene rings is 3. The topological polar surface area (TPSA) is 58.6 Å². The molecule has 0 atom stereocenters. The molecule has 1 fully saturated rings. The van der Waals surface area contributed by atoms with Crippen LogP contribution in [0.2, 0.25) is 5.02 Å². The molecular formula is C24H17BrClFN2O3. The molecular weight excluding hydrogens is 499 g/mol. The summed E-state index contributed by atoms with van der Waals surface area (Å²) in [4.78, 5) is 26.2. The van der Waals surface area contributed by atoms with E-state index in [1.165, 1.54) is 12.1 Å². The lowest BCUT2D eigenvalue weighted by atomic mass is 10.1. The Labute approximate surface area is 197 Å². The van der Waals surface area contributed by atoms with Gasteiger partial charge in [-0.25, -0.2) is 9.18 Å². The average molecular weight is 516 g/mol. The number of imide groups is 1. The van der Waals surface area contributed by atoms with Crippen LogP contribution in [-0.2, 0) is 17.9 Å². The summed E-state index contributed by atoms with van der Waals surface area (Å²) in [6, 6.07) is 18.1. The van der Waals surface area contributed by atoms with Crippen LogP contribution in [0.25, 0.3) is 6.08 Å². The standard InChI is InChI=1S/C24H17BrClFN2O3/c25-19-10-17(11-20(26)22(19)32-14-16-6-8-18(27)9-7-16)12-21-23(30)29(24(31)28-21)13-15-4-2-1-3-5-15/h1-12H,13-14H2,(H,28,31)/b21-12+. The van der Waals surface area contributed by atoms with E-state index in [1.807, 2.05) is 30.3 Å². The SMILES string of the molecule is O=C1N/C(=C/c2cc(Cl)c(OCc3ccc(F)cc3)c(Br)c2)C(=O)N1Cc1ccccc1. The van der Waals surface area contributed by atoms with Crippen molar-refractivity contribution < 1.29 is 18.7 Å². The van der Waals surface area contributed by atoms with E-state index < -0.39 is 11.9 Å². The Balaban J connectivity index is 1.49. The van der Waals surface area contributed by atoms with Gasteiger partial charge >= 0.3 is 6.03 Å². The summed E-state index contributed by atoms with van der Waals surface area (Å²) in [5, 5.41) is 2.93. The van der Waals surface area contributed by atoms with E-state index in [9.17, 15) is 14.0 Å². The molecule has 0 aromatic heterocycles. The fraction of sp³-hybridized carbons (Fsp3) is 0.0833. The van der Waals surface area contributed by atoms with Crippen molar-refractivity contribution in [1.29, 1.82) is 0 Å². The van der Waals surface area contributed by atoms with Crippen LogP contribution in [0, 0.1) is 5.82 Å². The quantitative estimate of drug-likeness (QED) is 0.328. The molecule has 0 bridgehead atoms. The fourth-order valence-electron chi connectivity index (χ4n) is 3.18. The molecule has 1 N–H and O–H groups in total. The largest absolute Gasteiger partial charge is 0.486 e. The summed E-state index contributed by atoms with van der Waals surface area (Å²) in [6.45, 7) is 0.394. The third-order valence-electron chi connectivity index (χ3n) is 4.77. The minimum Gasteiger partial charge on any atom is -0.486 e. The summed E-state index contributed by atoms with van der Waals surface area (Å²) >= 11 is 9.82. The zero-order valence-corrected chi connectivity index (χ0v) is 19.0. The lowest BCUT2D eigenvalue weighted by molar-refractivity contribution is -0.123. The number of rotatable bonds is 6. The molecule has 1 aliphatic heterocycles. The number of nitrogens with one attached hydrogen (secondary N) is 1. The van der Waals surface area contributed by atoms with Crippen molar-refractivity contribution in [2.24, 2.45) is 0 Å². The van der Waals surface area contributed by atoms with Gasteiger partial charge in [-0.1, -0.05) is 54.1 Å². The van der Waals surface area contributed by atoms with Crippen LogP contribution in [0.5, 0.6) is 5.75 Å². The van der Waals surface area contributed by atoms with Crippen LogP contribution in [0.15, 0.2) is 76.9 Å². The van der Waals surface area contributed by atoms with Gasteiger partial charge in [0.25, 0.3) is 5.91 Å². The third kappa shape index (κ3) is 5.00. The average Bonchev–Trinajstić information content (AvgIpc) is 3.02. The van der Waals surface area contributed by atoms with E-state index in [-0.39, 0.29) is 24.7 Å². The van der Waals surface area contributed by atoms with Gasteiger partial charge in [-0.05, 0) is 63.0 Å². The van der Waals surface area contributed by atoms with Crippen LogP contribution in [0.1, 0.15) is 16.7 Å². The van der Waals surface area contributed by atoms with Crippen molar-refractivity contribution in [2.75, 3.05) is 0 Å². The number of nitrogens with zero attached hydrogens (tertiary/aromatic N) is 1. The zero-order valence-electron chi connectivity index (χ0n) is 16.6. The Morgan fingerprint density at radius 3 is 2.44 bits per heavy atom. The lowest BCUT2D eigenvalue weighted by Gasteiger charge is -2.12. The molecule has 3 aromatic rings. The molecule has 1 aliphatic rings. The van der Waals surface area contributed by atoms with Crippen LogP contribution in [0.4, 0.5) is 9.18 Å². The van der Waals surface area contributed by atoms with Crippen LogP contribution >= 0.6 is 27.5 Å². The number of hydrogen-bond acceptors (Lipinski definition) is 3. The number of ether oxygens (including phenoxy) is 1. The molecule has 32 heavy (non-hydrogen) atoms. The molecule has 3 aromatic carbocycles. The van der Waals surface area contributed by atoms with Gasteiger partial charge in [0.05, 0.1) is 16.0 Å². The molecule has 0 spiro atoms. The Kier molecular flexibility index (Phi) is 6.58. The van der Waals surface area contributed by atoms with Crippen LogP contribution in [0.3, 0.4) is 0 Å². The van der Waals surface area contributed by atoms with Gasteiger partial charge in [-0.3, -0.25) is 9.69 Å². The van der Waals surface area contributed by atoms with E-state index in [2.05, 4.69) is 21.2 Å². The van der Waals surface area contributed by atoms with Gasteiger partial charge in [0.15, 0.2) is 5.75 Å². The predicted molar refractivity (Wildman–Crippen MR) is 123 cm³/mol. The second kappa shape index (κ2) is 9.54. The summed E-state index contributed by atoms with van der Waals surface area (Å²) in [5.74, 6) is -0.311. The molecule has 4 rings (SSSR count). The van der Waals surface area contributed by atoms with Crippen molar-refractivity contribution in [3.8, 4) is 5.75 Å². The van der Waals surface area contributed by atoms with Crippen molar-refractivity contribution >= 4 is 45.5 Å². The van der Waals surface area contributed by atoms with Gasteiger partial charge in [0.1, 0.15) is 18.1 Å². The Morgan fingerprint density at radius 1 is 1.03 bits per heavy atom. The molecule has 1 heterocycles. The summed E-state index contributed by atoms with van der Waals surface area (Å²) in [5.41, 5.74) is 2.42. The monoisotopic (exact) mass is 514 g/mol. The first kappa shape index (κ1) is 22.0. The van der Waals surface area contributed by atoms with Gasteiger partial charge in [-0.15, -0.1) is 0 Å². The number of carbonyl (C=O) groups is 2. The van der Waals surface area contributed by atoms with Crippen molar-refractivity contribution in [3.05, 3.63) is 104 Å². The van der Waals surface area contributed by atoms with Crippen molar-refractivity contribution in [3.63, 3.8) is 0 Å². The number of hydrogen-bond donors (Lipinski definition) is 1. The van der Waals surface area contributed by atoms with E-state index >= 15 is 0 Å². The third-order valence-corrected chi connectivity index (χ3v) is 5.64. The fourth-order valence-corrected chi connectivity index (χ4v) is 4.17. The molecule has 162 valence electrons. The maximum Gasteiger partial charge on any atom is 0.329 e. The summed E-state index contributed by atoms with van der Waals surface area (Å²) in [7, 11) is 0. The molecule has 0 unspecified atom stereocenters. The maximum absolute atomic E-state index is 13.0. The first-order chi connectivity index (χ1) is 15.4. The first-order valence-corrected chi connectivity index (χ1v) is 10.8. The highest BCUT2D eigenvalue weighted by molar-refractivity contribution is 9.10. The summed E-state index contributed by atoms with van der Waals surface area (Å²) in [6.07, 6.45) is 1.56. The highest BCUT2D eigenvalue weighted by atomic mass is 79.9.